The lowest BCUT2D eigenvalue weighted by molar-refractivity contribution is -0.388. The Bertz CT molecular complexity index is 2240. The lowest BCUT2D eigenvalue weighted by Crippen LogP contribution is -2.71. The number of carbonyl (C=O) groups excluding carboxylic acids is 3. The maximum atomic E-state index is 13.0. The fraction of sp³-hybridized carbons (Fsp3) is 0.897. The highest BCUT2D eigenvalue weighted by Crippen LogP contribution is 2.39. The summed E-state index contributed by atoms with van der Waals surface area (Å²) < 4.78 is 119. The molecule has 4 saturated heterocycles. The van der Waals surface area contributed by atoms with E-state index in [1.807, 2.05) is 0 Å². The van der Waals surface area contributed by atoms with Gasteiger partial charge in [-0.2, -0.15) is 16.8 Å². The molecule has 0 bridgehead atoms. The molecule has 0 spiro atoms. The van der Waals surface area contributed by atoms with Crippen LogP contribution in [0.4, 0.5) is 0 Å². The maximum absolute atomic E-state index is 13.0. The molecule has 3 amide bonds. The minimum Gasteiger partial charge on any atom is -0.477 e. The summed E-state index contributed by atoms with van der Waals surface area (Å²) in [5.74, 6) is -8.26. The number of amides is 3. The Hall–Kier alpha value is -3.26. The molecule has 4 heterocycles. The first kappa shape index (κ1) is 68.2. The zero-order valence-electron chi connectivity index (χ0n) is 41.6. The largest absolute Gasteiger partial charge is 0.477 e. The molecule has 0 aromatic heterocycles. The van der Waals surface area contributed by atoms with Crippen LogP contribution in [-0.2, 0) is 86.2 Å². The monoisotopic (exact) mass is 1200 g/mol. The summed E-state index contributed by atoms with van der Waals surface area (Å²) in [5, 5.41) is 169. The van der Waals surface area contributed by atoms with E-state index in [-0.39, 0.29) is 0 Å². The van der Waals surface area contributed by atoms with Gasteiger partial charge < -0.3 is 130 Å². The lowest BCUT2D eigenvalue weighted by Gasteiger charge is -2.51. The molecule has 79 heavy (non-hydrogen) atoms. The minimum atomic E-state index is -5.50. The second kappa shape index (κ2) is 28.8. The SMILES string of the molecule is CC(=O)N[C@H]1[C@H](O[C@H]2[C@@H](O)[C@@H](CO)O[C@@H](O[C@@H]([C@H](O)[C@H](CO)NC(C)=O)[C@H](O)COS(=O)(=O)O)[C@@H]2O)O[C@H](COS(=O)(=O)O)[C@@H](O[C@@H]2O[C@H](CO)[C@H](O)[C@H](O[C@]3(C(=O)O)C[C@H](O)[C@@H](NC(C)=O)[C@H]([C@H](O)[C@H](O)CO)O3)[C@H]2O)[C@@H]1O. The standard InChI is InChI=1S/C39H67N3O35S2/c1-11(47)40-14(5-43)23(53)30(17(52)9-68-78(62,63)64)73-36-28(58)33(25(55)18(7-45)70-36)75-35-22(42-13(3)49)27(57)31(20(72-35)10-69-79(65,66)67)74-37-29(59)34(26(56)19(8-46)71-37)77-39(38(60)61)4-15(50)21(41-12(2)48)32(76-39)24(54)16(51)6-44/h14-37,43-46,50-59H,4-10H2,1-3H3,(H,40,47)(H,41,48)(H,42,49)(H,60,61)(H,62,63,64)(H,65,66,67)/t14-,15-,16+,17+,18+,19+,20+,21+,22+,23+,24+,25-,26-,27+,28+,29+,30+,31+,32+,33-,34-,35-,36-,37-,39-/m0/s1. The molecule has 0 unspecified atom stereocenters. The molecular formula is C39H67N3O35S2. The quantitative estimate of drug-likeness (QED) is 0.0340. The van der Waals surface area contributed by atoms with E-state index in [2.05, 4.69) is 24.3 Å². The molecule has 4 aliphatic heterocycles. The first-order valence-corrected chi connectivity index (χ1v) is 26.2. The van der Waals surface area contributed by atoms with Gasteiger partial charge in [-0.05, 0) is 0 Å². The molecule has 38 nitrogen and oxygen atoms in total. The Morgan fingerprint density at radius 3 is 1.66 bits per heavy atom. The van der Waals surface area contributed by atoms with Crippen molar-refractivity contribution in [3.05, 3.63) is 0 Å². The number of rotatable bonds is 27. The van der Waals surface area contributed by atoms with Crippen LogP contribution in [0.1, 0.15) is 27.2 Å². The van der Waals surface area contributed by atoms with Gasteiger partial charge in [0.1, 0.15) is 110 Å². The number of aliphatic hydroxyl groups is 14. The summed E-state index contributed by atoms with van der Waals surface area (Å²) in [6, 6.07) is -5.59. The molecule has 25 atom stereocenters. The number of nitrogens with one attached hydrogen (secondary N) is 3. The van der Waals surface area contributed by atoms with Crippen LogP contribution in [0.3, 0.4) is 0 Å². The smallest absolute Gasteiger partial charge is 0.397 e. The average molecular weight is 1200 g/mol. The number of carboxylic acid groups (broad SMARTS) is 1. The van der Waals surface area contributed by atoms with Gasteiger partial charge in [0.05, 0.1) is 57.8 Å². The topological polar surface area (TPSA) is 609 Å². The van der Waals surface area contributed by atoms with Crippen molar-refractivity contribution in [2.24, 2.45) is 0 Å². The van der Waals surface area contributed by atoms with Gasteiger partial charge in [-0.25, -0.2) is 13.2 Å². The molecule has 0 radical (unpaired) electrons. The zero-order chi connectivity index (χ0) is 59.8. The molecule has 0 aromatic carbocycles. The van der Waals surface area contributed by atoms with Crippen LogP contribution in [0.15, 0.2) is 0 Å². The summed E-state index contributed by atoms with van der Waals surface area (Å²) in [5.41, 5.74) is 0. The van der Waals surface area contributed by atoms with E-state index in [0.717, 1.165) is 20.8 Å². The Kier molecular flexibility index (Phi) is 24.9. The van der Waals surface area contributed by atoms with Crippen molar-refractivity contribution in [1.82, 2.24) is 16.0 Å². The fourth-order valence-electron chi connectivity index (χ4n) is 8.82. The minimum absolute atomic E-state index is 0.846. The molecule has 40 heteroatoms. The van der Waals surface area contributed by atoms with E-state index >= 15 is 0 Å². The summed E-state index contributed by atoms with van der Waals surface area (Å²) >= 11 is 0. The van der Waals surface area contributed by atoms with Crippen LogP contribution in [0.2, 0.25) is 0 Å². The van der Waals surface area contributed by atoms with Crippen LogP contribution in [-0.4, -0.2) is 319 Å². The highest BCUT2D eigenvalue weighted by molar-refractivity contribution is 7.81. The number of hydrogen-bond donors (Lipinski definition) is 20. The molecule has 460 valence electrons. The Balaban J connectivity index is 1.74. The maximum Gasteiger partial charge on any atom is 0.397 e. The van der Waals surface area contributed by atoms with Crippen molar-refractivity contribution in [1.29, 1.82) is 0 Å². The van der Waals surface area contributed by atoms with Gasteiger partial charge in [-0.1, -0.05) is 0 Å². The first-order chi connectivity index (χ1) is 36.6. The second-order valence-corrected chi connectivity index (χ2v) is 20.6. The van der Waals surface area contributed by atoms with Gasteiger partial charge in [0.25, 0.3) is 5.79 Å². The van der Waals surface area contributed by atoms with E-state index in [1.54, 1.807) is 0 Å². The van der Waals surface area contributed by atoms with E-state index in [1.165, 1.54) is 0 Å². The highest BCUT2D eigenvalue weighted by atomic mass is 32.3. The summed E-state index contributed by atoms with van der Waals surface area (Å²) in [6.07, 6.45) is -49.3. The number of carbonyl (C=O) groups is 4. The van der Waals surface area contributed by atoms with Crippen molar-refractivity contribution in [2.75, 3.05) is 39.6 Å². The van der Waals surface area contributed by atoms with Crippen LogP contribution in [0, 0.1) is 0 Å². The fourth-order valence-corrected chi connectivity index (χ4v) is 9.44. The highest BCUT2D eigenvalue weighted by Gasteiger charge is 2.61. The van der Waals surface area contributed by atoms with E-state index in [9.17, 15) is 117 Å². The van der Waals surface area contributed by atoms with Crippen molar-refractivity contribution in [2.45, 2.75) is 180 Å². The number of aliphatic carboxylic acids is 1. The van der Waals surface area contributed by atoms with Gasteiger partial charge in [0, 0.05) is 27.2 Å². The van der Waals surface area contributed by atoms with Gasteiger partial charge >= 0.3 is 26.8 Å². The third kappa shape index (κ3) is 17.6. The normalized spacial score (nSPS) is 37.9. The molecule has 4 rings (SSSR count). The van der Waals surface area contributed by atoms with E-state index in [0.29, 0.717) is 0 Å². The second-order valence-electron chi connectivity index (χ2n) is 18.4. The Labute approximate surface area is 447 Å². The molecular weight excluding hydrogens is 1130 g/mol. The number of hydrogen-bond acceptors (Lipinski definition) is 32. The number of ether oxygens (including phenoxy) is 8. The van der Waals surface area contributed by atoms with E-state index < -0.39 is 243 Å². The van der Waals surface area contributed by atoms with Crippen LogP contribution < -0.4 is 16.0 Å². The van der Waals surface area contributed by atoms with E-state index in [4.69, 9.17) is 42.4 Å². The van der Waals surface area contributed by atoms with Gasteiger partial charge in [0.15, 0.2) is 18.9 Å². The summed E-state index contributed by atoms with van der Waals surface area (Å²) in [7, 11) is -10.8. The average Bonchev–Trinajstić information content (AvgIpc) is 3.39. The molecule has 0 saturated carbocycles. The Morgan fingerprint density at radius 2 is 1.15 bits per heavy atom. The van der Waals surface area contributed by atoms with Crippen molar-refractivity contribution in [3.8, 4) is 0 Å². The summed E-state index contributed by atoms with van der Waals surface area (Å²) in [6.45, 7) is -4.89. The Morgan fingerprint density at radius 1 is 0.633 bits per heavy atom. The molecule has 4 aliphatic rings. The zero-order valence-corrected chi connectivity index (χ0v) is 43.2. The number of carboxylic acids is 1. The molecule has 0 aromatic rings. The predicted molar refractivity (Wildman–Crippen MR) is 242 cm³/mol. The van der Waals surface area contributed by atoms with Crippen molar-refractivity contribution < 1.29 is 168 Å². The van der Waals surface area contributed by atoms with Crippen molar-refractivity contribution >= 4 is 44.5 Å². The van der Waals surface area contributed by atoms with Crippen LogP contribution >= 0.6 is 0 Å². The first-order valence-electron chi connectivity index (χ1n) is 23.4. The van der Waals surface area contributed by atoms with Gasteiger partial charge in [-0.15, -0.1) is 0 Å². The molecule has 0 aliphatic carbocycles. The number of aliphatic hydroxyl groups excluding tert-OH is 14. The third-order valence-corrected chi connectivity index (χ3v) is 13.4. The molecule has 20 N–H and O–H groups in total. The van der Waals surface area contributed by atoms with Gasteiger partial charge in [0.2, 0.25) is 17.7 Å². The third-order valence-electron chi connectivity index (χ3n) is 12.6. The van der Waals surface area contributed by atoms with Crippen LogP contribution in [0.25, 0.3) is 0 Å². The van der Waals surface area contributed by atoms with Crippen molar-refractivity contribution in [3.63, 3.8) is 0 Å². The lowest BCUT2D eigenvalue weighted by atomic mass is 9.88. The molecule has 4 fully saturated rings. The van der Waals surface area contributed by atoms with Crippen LogP contribution in [0.5, 0.6) is 0 Å². The summed E-state index contributed by atoms with van der Waals surface area (Å²) in [4.78, 5) is 49.6. The van der Waals surface area contributed by atoms with Gasteiger partial charge in [-0.3, -0.25) is 23.5 Å². The predicted octanol–water partition coefficient (Wildman–Crippen LogP) is -13.0.